The number of anilines is 1. The van der Waals surface area contributed by atoms with Gasteiger partial charge in [-0.05, 0) is 12.1 Å². The molecule has 108 valence electrons. The van der Waals surface area contributed by atoms with Gasteiger partial charge in [0.2, 0.25) is 0 Å². The summed E-state index contributed by atoms with van der Waals surface area (Å²) in [6, 6.07) is 2.08. The number of nitrogen functional groups attached to an aromatic ring is 1. The maximum atomic E-state index is 12.5. The molecule has 0 aliphatic rings. The molecule has 0 amide bonds. The molecule has 0 aliphatic carbocycles. The van der Waals surface area contributed by atoms with Crippen molar-refractivity contribution in [2.24, 2.45) is 0 Å². The number of halogens is 3. The van der Waals surface area contributed by atoms with Gasteiger partial charge in [0.15, 0.2) is 11.4 Å². The Hall–Kier alpha value is -2.84. The number of pyridine rings is 1. The maximum Gasteiger partial charge on any atom is 0.418 e. The van der Waals surface area contributed by atoms with Crippen molar-refractivity contribution in [1.82, 2.24) is 15.2 Å². The molecule has 3 aromatic heterocycles. The standard InChI is InChI=1S/C12H7F3N4O2/c13-12(14,15)5-3-7(20)9(17-4-5)8-6-1-2-21-10(6)11(16)19-18-8/h1-4,20H,(H2,16,19). The van der Waals surface area contributed by atoms with Crippen LogP contribution in [-0.2, 0) is 6.18 Å². The molecule has 0 saturated carbocycles. The van der Waals surface area contributed by atoms with Crippen LogP contribution in [0.3, 0.4) is 0 Å². The van der Waals surface area contributed by atoms with Crippen molar-refractivity contribution in [1.29, 1.82) is 0 Å². The lowest BCUT2D eigenvalue weighted by atomic mass is 10.1. The summed E-state index contributed by atoms with van der Waals surface area (Å²) in [5, 5.41) is 17.6. The second kappa shape index (κ2) is 4.33. The first-order valence-electron chi connectivity index (χ1n) is 5.64. The molecule has 0 bridgehead atoms. The average molecular weight is 296 g/mol. The summed E-state index contributed by atoms with van der Waals surface area (Å²) in [6.07, 6.45) is -2.66. The smallest absolute Gasteiger partial charge is 0.418 e. The fourth-order valence-corrected chi connectivity index (χ4v) is 1.86. The minimum atomic E-state index is -4.60. The van der Waals surface area contributed by atoms with Crippen molar-refractivity contribution in [3.8, 4) is 17.1 Å². The van der Waals surface area contributed by atoms with E-state index in [9.17, 15) is 18.3 Å². The van der Waals surface area contributed by atoms with E-state index in [0.29, 0.717) is 17.6 Å². The number of alkyl halides is 3. The van der Waals surface area contributed by atoms with Crippen LogP contribution in [-0.4, -0.2) is 20.3 Å². The van der Waals surface area contributed by atoms with Gasteiger partial charge in [0.1, 0.15) is 17.1 Å². The molecule has 0 atom stereocenters. The number of nitrogens with two attached hydrogens (primary N) is 1. The van der Waals surface area contributed by atoms with Crippen LogP contribution in [0.4, 0.5) is 19.0 Å². The van der Waals surface area contributed by atoms with E-state index in [0.717, 1.165) is 0 Å². The van der Waals surface area contributed by atoms with Crippen LogP contribution in [0.1, 0.15) is 5.56 Å². The third-order valence-electron chi connectivity index (χ3n) is 2.83. The molecule has 9 heteroatoms. The van der Waals surface area contributed by atoms with Crippen LogP contribution >= 0.6 is 0 Å². The van der Waals surface area contributed by atoms with Crippen molar-refractivity contribution >= 4 is 16.8 Å². The van der Waals surface area contributed by atoms with Gasteiger partial charge in [-0.3, -0.25) is 0 Å². The minimum Gasteiger partial charge on any atom is -0.506 e. The normalized spacial score (nSPS) is 12.0. The van der Waals surface area contributed by atoms with E-state index in [4.69, 9.17) is 10.2 Å². The van der Waals surface area contributed by atoms with Crippen LogP contribution in [0.15, 0.2) is 29.0 Å². The summed E-state index contributed by atoms with van der Waals surface area (Å²) in [4.78, 5) is 3.62. The molecule has 3 rings (SSSR count). The van der Waals surface area contributed by atoms with E-state index in [1.165, 1.54) is 12.3 Å². The van der Waals surface area contributed by atoms with Crippen LogP contribution in [0, 0.1) is 0 Å². The maximum absolute atomic E-state index is 12.5. The fraction of sp³-hybridized carbons (Fsp3) is 0.0833. The van der Waals surface area contributed by atoms with Gasteiger partial charge in [0.25, 0.3) is 0 Å². The molecule has 21 heavy (non-hydrogen) atoms. The predicted octanol–water partition coefficient (Wildman–Crippen LogP) is 2.59. The zero-order valence-electron chi connectivity index (χ0n) is 10.2. The first-order chi connectivity index (χ1) is 9.88. The van der Waals surface area contributed by atoms with Crippen molar-refractivity contribution in [3.05, 3.63) is 30.2 Å². The van der Waals surface area contributed by atoms with E-state index >= 15 is 0 Å². The number of hydrogen-bond acceptors (Lipinski definition) is 6. The molecule has 0 aliphatic heterocycles. The molecule has 0 aromatic carbocycles. The first-order valence-corrected chi connectivity index (χ1v) is 5.64. The number of fused-ring (bicyclic) bond motifs is 1. The Bertz CT molecular complexity index is 829. The first kappa shape index (κ1) is 13.2. The molecule has 0 unspecified atom stereocenters. The SMILES string of the molecule is Nc1nnc(-c2ncc(C(F)(F)F)cc2O)c2ccoc12. The number of aromatic nitrogens is 3. The quantitative estimate of drug-likeness (QED) is 0.716. The van der Waals surface area contributed by atoms with Crippen LogP contribution < -0.4 is 5.73 Å². The predicted molar refractivity (Wildman–Crippen MR) is 66.1 cm³/mol. The van der Waals surface area contributed by atoms with Gasteiger partial charge in [0, 0.05) is 6.20 Å². The number of furan rings is 1. The highest BCUT2D eigenvalue weighted by Crippen LogP contribution is 2.36. The molecule has 3 aromatic rings. The Morgan fingerprint density at radius 3 is 2.62 bits per heavy atom. The Kier molecular flexibility index (Phi) is 2.71. The molecule has 3 heterocycles. The summed E-state index contributed by atoms with van der Waals surface area (Å²) in [5.74, 6) is -0.628. The van der Waals surface area contributed by atoms with Crippen LogP contribution in [0.5, 0.6) is 5.75 Å². The summed E-state index contributed by atoms with van der Waals surface area (Å²) >= 11 is 0. The number of aromatic hydroxyl groups is 1. The van der Waals surface area contributed by atoms with E-state index < -0.39 is 17.5 Å². The lowest BCUT2D eigenvalue weighted by molar-refractivity contribution is -0.137. The van der Waals surface area contributed by atoms with Crippen LogP contribution in [0.2, 0.25) is 0 Å². The third-order valence-corrected chi connectivity index (χ3v) is 2.83. The van der Waals surface area contributed by atoms with Crippen LogP contribution in [0.25, 0.3) is 22.4 Å². The minimum absolute atomic E-state index is 0.0325. The van der Waals surface area contributed by atoms with Gasteiger partial charge in [-0.2, -0.15) is 13.2 Å². The van der Waals surface area contributed by atoms with E-state index in [-0.39, 0.29) is 22.8 Å². The number of nitrogens with zero attached hydrogens (tertiary/aromatic N) is 3. The monoisotopic (exact) mass is 296 g/mol. The van der Waals surface area contributed by atoms with Gasteiger partial charge in [-0.1, -0.05) is 0 Å². The molecule has 0 fully saturated rings. The van der Waals surface area contributed by atoms with Crippen molar-refractivity contribution in [3.63, 3.8) is 0 Å². The van der Waals surface area contributed by atoms with E-state index in [2.05, 4.69) is 15.2 Å². The van der Waals surface area contributed by atoms with Gasteiger partial charge in [0.05, 0.1) is 17.2 Å². The highest BCUT2D eigenvalue weighted by atomic mass is 19.4. The van der Waals surface area contributed by atoms with Gasteiger partial charge in [-0.15, -0.1) is 10.2 Å². The van der Waals surface area contributed by atoms with E-state index in [1.54, 1.807) is 0 Å². The molecule has 0 saturated heterocycles. The lowest BCUT2D eigenvalue weighted by Gasteiger charge is -2.09. The topological polar surface area (TPSA) is 98.1 Å². The largest absolute Gasteiger partial charge is 0.506 e. The van der Waals surface area contributed by atoms with Gasteiger partial charge in [-0.25, -0.2) is 4.98 Å². The third kappa shape index (κ3) is 2.12. The molecular formula is C12H7F3N4O2. The average Bonchev–Trinajstić information content (AvgIpc) is 2.89. The van der Waals surface area contributed by atoms with E-state index in [1.807, 2.05) is 0 Å². The second-order valence-electron chi connectivity index (χ2n) is 4.19. The summed E-state index contributed by atoms with van der Waals surface area (Å²) in [6.45, 7) is 0. The fourth-order valence-electron chi connectivity index (χ4n) is 1.86. The Morgan fingerprint density at radius 2 is 1.95 bits per heavy atom. The highest BCUT2D eigenvalue weighted by molar-refractivity contribution is 5.96. The number of hydrogen-bond donors (Lipinski definition) is 2. The Labute approximate surface area is 115 Å². The Balaban J connectivity index is 2.20. The molecule has 0 spiro atoms. The Morgan fingerprint density at radius 1 is 1.19 bits per heavy atom. The molecule has 3 N–H and O–H groups in total. The van der Waals surface area contributed by atoms with Gasteiger partial charge < -0.3 is 15.3 Å². The van der Waals surface area contributed by atoms with Crippen molar-refractivity contribution in [2.75, 3.05) is 5.73 Å². The summed E-state index contributed by atoms with van der Waals surface area (Å²) in [7, 11) is 0. The summed E-state index contributed by atoms with van der Waals surface area (Å²) < 4.78 is 42.8. The molecule has 6 nitrogen and oxygen atoms in total. The zero-order chi connectivity index (χ0) is 15.2. The zero-order valence-corrected chi connectivity index (χ0v) is 10.2. The highest BCUT2D eigenvalue weighted by Gasteiger charge is 2.32. The molecule has 0 radical (unpaired) electrons. The second-order valence-corrected chi connectivity index (χ2v) is 4.19. The number of rotatable bonds is 1. The molecular weight excluding hydrogens is 289 g/mol. The van der Waals surface area contributed by atoms with Crippen molar-refractivity contribution in [2.45, 2.75) is 6.18 Å². The lowest BCUT2D eigenvalue weighted by Crippen LogP contribution is -2.06. The summed E-state index contributed by atoms with van der Waals surface area (Å²) in [5.41, 5.74) is 4.68. The van der Waals surface area contributed by atoms with Crippen molar-refractivity contribution < 1.29 is 22.7 Å². The van der Waals surface area contributed by atoms with Gasteiger partial charge >= 0.3 is 6.18 Å².